The fraction of sp³-hybridized carbons (Fsp3) is 0. The summed E-state index contributed by atoms with van der Waals surface area (Å²) in [5.74, 6) is -1.11. The van der Waals surface area contributed by atoms with E-state index in [0.717, 1.165) is 0 Å². The molecule has 4 rings (SSSR count). The number of rotatable bonds is 8. The Balaban J connectivity index is 1.39. The number of aromatic hydroxyl groups is 2. The van der Waals surface area contributed by atoms with E-state index in [2.05, 4.69) is 21.1 Å². The number of hydrogen-bond donors (Lipinski definition) is 4. The second kappa shape index (κ2) is 11.8. The van der Waals surface area contributed by atoms with E-state index < -0.39 is 21.7 Å². The van der Waals surface area contributed by atoms with Crippen LogP contribution in [0.5, 0.6) is 11.5 Å². The summed E-state index contributed by atoms with van der Waals surface area (Å²) in [5, 5.41) is 27.1. The van der Waals surface area contributed by atoms with Crippen molar-refractivity contribution in [1.29, 1.82) is 0 Å². The molecule has 2 amide bonds. The van der Waals surface area contributed by atoms with Crippen LogP contribution in [0.15, 0.2) is 117 Å². The van der Waals surface area contributed by atoms with Crippen molar-refractivity contribution in [2.75, 3.05) is 0 Å². The predicted molar refractivity (Wildman–Crippen MR) is 145 cm³/mol. The molecule has 0 aromatic heterocycles. The zero-order valence-electron chi connectivity index (χ0n) is 20.2. The van der Waals surface area contributed by atoms with Crippen molar-refractivity contribution in [3.63, 3.8) is 0 Å². The fourth-order valence-corrected chi connectivity index (χ4v) is 4.61. The van der Waals surface area contributed by atoms with Gasteiger partial charge in [0.15, 0.2) is 0 Å². The van der Waals surface area contributed by atoms with Crippen LogP contribution in [0.2, 0.25) is 0 Å². The van der Waals surface area contributed by atoms with E-state index in [-0.39, 0.29) is 32.4 Å². The third-order valence-electron chi connectivity index (χ3n) is 5.47. The summed E-state index contributed by atoms with van der Waals surface area (Å²) >= 11 is 0. The molecule has 10 nitrogen and oxygen atoms in total. The highest BCUT2D eigenvalue weighted by molar-refractivity contribution is 7.91. The molecule has 0 aliphatic carbocycles. The number of phenols is 2. The van der Waals surface area contributed by atoms with Crippen molar-refractivity contribution in [3.8, 4) is 11.5 Å². The Kier molecular flexibility index (Phi) is 8.12. The van der Waals surface area contributed by atoms with Gasteiger partial charge in [-0.3, -0.25) is 9.59 Å². The third-order valence-corrected chi connectivity index (χ3v) is 7.25. The van der Waals surface area contributed by atoms with E-state index in [9.17, 15) is 28.2 Å². The summed E-state index contributed by atoms with van der Waals surface area (Å²) in [6.07, 6.45) is 2.58. The van der Waals surface area contributed by atoms with Gasteiger partial charge >= 0.3 is 0 Å². The molecule has 0 bridgehead atoms. The molecule has 196 valence electrons. The first-order valence-corrected chi connectivity index (χ1v) is 12.9. The fourth-order valence-electron chi connectivity index (χ4n) is 3.35. The summed E-state index contributed by atoms with van der Waals surface area (Å²) in [7, 11) is -3.92. The van der Waals surface area contributed by atoms with Crippen LogP contribution >= 0.6 is 0 Å². The van der Waals surface area contributed by atoms with Crippen LogP contribution in [0, 0.1) is 0 Å². The van der Waals surface area contributed by atoms with Crippen LogP contribution in [0.25, 0.3) is 0 Å². The van der Waals surface area contributed by atoms with Gasteiger partial charge in [-0.2, -0.15) is 10.2 Å². The smallest absolute Gasteiger partial charge is 0.271 e. The third kappa shape index (κ3) is 6.53. The molecule has 0 aliphatic rings. The van der Waals surface area contributed by atoms with Gasteiger partial charge < -0.3 is 10.2 Å². The van der Waals surface area contributed by atoms with E-state index in [1.807, 2.05) is 0 Å². The molecule has 0 radical (unpaired) electrons. The van der Waals surface area contributed by atoms with Gasteiger partial charge in [0.2, 0.25) is 9.84 Å². The lowest BCUT2D eigenvalue weighted by Crippen LogP contribution is -2.18. The highest BCUT2D eigenvalue weighted by Gasteiger charge is 2.19. The van der Waals surface area contributed by atoms with Crippen molar-refractivity contribution in [1.82, 2.24) is 10.9 Å². The number of carbonyl (C=O) groups excluding carboxylic acids is 2. The quantitative estimate of drug-likeness (QED) is 0.197. The van der Waals surface area contributed by atoms with Gasteiger partial charge in [-0.15, -0.1) is 0 Å². The Hall–Kier alpha value is -5.29. The first-order valence-electron chi connectivity index (χ1n) is 11.4. The summed E-state index contributed by atoms with van der Waals surface area (Å²) in [6.45, 7) is 0. The number of nitrogens with one attached hydrogen (secondary N) is 2. The minimum atomic E-state index is -3.92. The number of amides is 2. The van der Waals surface area contributed by atoms with Gasteiger partial charge in [0.25, 0.3) is 11.8 Å². The number of benzene rings is 4. The maximum atomic E-state index is 13.0. The molecule has 0 saturated carbocycles. The highest BCUT2D eigenvalue weighted by Crippen LogP contribution is 2.22. The maximum absolute atomic E-state index is 13.0. The Bertz CT molecular complexity index is 1550. The molecule has 0 unspecified atom stereocenters. The lowest BCUT2D eigenvalue weighted by Gasteiger charge is -2.07. The summed E-state index contributed by atoms with van der Waals surface area (Å²) in [4.78, 5) is 24.6. The van der Waals surface area contributed by atoms with Crippen LogP contribution in [0.4, 0.5) is 0 Å². The SMILES string of the molecule is O=C(N/N=C/c1ccccc1O)c1ccc(S(=O)(=O)c2ccc(C(=O)N/N=C/c3ccccc3O)cc2)cc1. The topological polar surface area (TPSA) is 158 Å². The lowest BCUT2D eigenvalue weighted by molar-refractivity contribution is 0.0947. The van der Waals surface area contributed by atoms with Crippen LogP contribution in [0.1, 0.15) is 31.8 Å². The van der Waals surface area contributed by atoms with Gasteiger partial charge in [0.05, 0.1) is 22.2 Å². The molecule has 4 aromatic carbocycles. The molecule has 4 N–H and O–H groups in total. The Morgan fingerprint density at radius 3 is 1.31 bits per heavy atom. The monoisotopic (exact) mass is 542 g/mol. The van der Waals surface area contributed by atoms with Gasteiger partial charge in [-0.25, -0.2) is 19.3 Å². The van der Waals surface area contributed by atoms with E-state index in [4.69, 9.17) is 0 Å². The average Bonchev–Trinajstić information content (AvgIpc) is 2.95. The largest absolute Gasteiger partial charge is 0.507 e. The molecule has 0 atom stereocenters. The average molecular weight is 543 g/mol. The number of para-hydroxylation sites is 2. The normalized spacial score (nSPS) is 11.5. The highest BCUT2D eigenvalue weighted by atomic mass is 32.2. The predicted octanol–water partition coefficient (Wildman–Crippen LogP) is 3.46. The van der Waals surface area contributed by atoms with Crippen molar-refractivity contribution in [2.45, 2.75) is 9.79 Å². The number of hydrogen-bond acceptors (Lipinski definition) is 8. The molecular formula is C28H22N4O6S. The van der Waals surface area contributed by atoms with E-state index >= 15 is 0 Å². The van der Waals surface area contributed by atoms with Crippen LogP contribution in [-0.4, -0.2) is 42.9 Å². The first-order chi connectivity index (χ1) is 18.8. The number of carbonyl (C=O) groups is 2. The van der Waals surface area contributed by atoms with E-state index in [1.165, 1.54) is 73.1 Å². The van der Waals surface area contributed by atoms with Crippen molar-refractivity contribution >= 4 is 34.1 Å². The number of phenolic OH excluding ortho intramolecular Hbond substituents is 2. The van der Waals surface area contributed by atoms with E-state index in [1.54, 1.807) is 36.4 Å². The molecular weight excluding hydrogens is 520 g/mol. The first kappa shape index (κ1) is 26.8. The summed E-state index contributed by atoms with van der Waals surface area (Å²) in [5.41, 5.74) is 5.83. The molecule has 0 fully saturated rings. The zero-order chi connectivity index (χ0) is 27.8. The maximum Gasteiger partial charge on any atom is 0.271 e. The number of nitrogens with zero attached hydrogens (tertiary/aromatic N) is 2. The van der Waals surface area contributed by atoms with Crippen LogP contribution in [0.3, 0.4) is 0 Å². The minimum Gasteiger partial charge on any atom is -0.507 e. The van der Waals surface area contributed by atoms with Gasteiger partial charge in [0, 0.05) is 22.3 Å². The van der Waals surface area contributed by atoms with Gasteiger partial charge in [0.1, 0.15) is 11.5 Å². The number of sulfone groups is 1. The van der Waals surface area contributed by atoms with Gasteiger partial charge in [-0.1, -0.05) is 24.3 Å². The second-order valence-corrected chi connectivity index (χ2v) is 10.0. The molecule has 0 heterocycles. The molecule has 0 saturated heterocycles. The Labute approximate surface area is 223 Å². The molecule has 39 heavy (non-hydrogen) atoms. The van der Waals surface area contributed by atoms with E-state index in [0.29, 0.717) is 11.1 Å². The van der Waals surface area contributed by atoms with Gasteiger partial charge in [-0.05, 0) is 72.8 Å². The molecule has 11 heteroatoms. The van der Waals surface area contributed by atoms with Crippen molar-refractivity contribution in [3.05, 3.63) is 119 Å². The molecule has 0 spiro atoms. The summed E-state index contributed by atoms with van der Waals surface area (Å²) < 4.78 is 26.0. The van der Waals surface area contributed by atoms with Crippen LogP contribution in [-0.2, 0) is 9.84 Å². The lowest BCUT2D eigenvalue weighted by atomic mass is 10.2. The zero-order valence-corrected chi connectivity index (χ0v) is 21.0. The Morgan fingerprint density at radius 2 is 0.949 bits per heavy atom. The summed E-state index contributed by atoms with van der Waals surface area (Å²) in [6, 6.07) is 23.5. The number of hydrazone groups is 2. The Morgan fingerprint density at radius 1 is 0.590 bits per heavy atom. The van der Waals surface area contributed by atoms with Crippen molar-refractivity contribution in [2.24, 2.45) is 10.2 Å². The molecule has 0 aliphatic heterocycles. The minimum absolute atomic E-state index is 0.0106. The molecule has 4 aromatic rings. The standard InChI is InChI=1S/C28H22N4O6S/c33-25-7-3-1-5-21(25)17-29-31-27(35)19-9-13-23(14-10-19)39(37,38)24-15-11-20(12-16-24)28(36)32-30-18-22-6-2-4-8-26(22)34/h1-18,33-34H,(H,31,35)(H,32,36)/b29-17+,30-18+. The van der Waals surface area contributed by atoms with Crippen LogP contribution < -0.4 is 10.9 Å². The van der Waals surface area contributed by atoms with Crippen molar-refractivity contribution < 1.29 is 28.2 Å². The second-order valence-electron chi connectivity index (χ2n) is 8.07.